The Hall–Kier alpha value is -3.17. The first-order valence-corrected chi connectivity index (χ1v) is 10.4. The second kappa shape index (κ2) is 8.46. The van der Waals surface area contributed by atoms with Gasteiger partial charge in [-0.2, -0.15) is 4.72 Å². The van der Waals surface area contributed by atoms with E-state index in [9.17, 15) is 18.0 Å². The minimum atomic E-state index is -3.96. The van der Waals surface area contributed by atoms with E-state index in [1.54, 1.807) is 25.3 Å². The van der Waals surface area contributed by atoms with Crippen molar-refractivity contribution >= 4 is 32.7 Å². The fourth-order valence-electron chi connectivity index (χ4n) is 3.04. The highest BCUT2D eigenvalue weighted by Crippen LogP contribution is 2.20. The highest BCUT2D eigenvalue weighted by molar-refractivity contribution is 7.89. The van der Waals surface area contributed by atoms with E-state index in [1.807, 2.05) is 24.3 Å². The lowest BCUT2D eigenvalue weighted by atomic mass is 10.1. The van der Waals surface area contributed by atoms with Gasteiger partial charge in [0.1, 0.15) is 6.04 Å². The first-order chi connectivity index (χ1) is 13.8. The van der Waals surface area contributed by atoms with Crippen LogP contribution in [0.1, 0.15) is 11.1 Å². The summed E-state index contributed by atoms with van der Waals surface area (Å²) in [6.07, 6.45) is 1.83. The molecule has 1 heterocycles. The molecule has 0 saturated heterocycles. The molecule has 0 spiro atoms. The average molecular weight is 414 g/mol. The molecule has 3 rings (SSSR count). The normalized spacial score (nSPS) is 12.6. The number of carbonyl (C=O) groups excluding carboxylic acids is 2. The first kappa shape index (κ1) is 20.6. The summed E-state index contributed by atoms with van der Waals surface area (Å²) in [7, 11) is -3.96. The van der Waals surface area contributed by atoms with Crippen LogP contribution in [-0.4, -0.2) is 37.8 Å². The van der Waals surface area contributed by atoms with Crippen molar-refractivity contribution in [1.29, 1.82) is 0 Å². The molecule has 0 aliphatic heterocycles. The second-order valence-corrected chi connectivity index (χ2v) is 8.45. The fourth-order valence-corrected chi connectivity index (χ4v) is 4.34. The topological polar surface area (TPSA) is 134 Å². The number of rotatable bonds is 8. The number of nitrogens with two attached hydrogens (primary N) is 1. The quantitative estimate of drug-likeness (QED) is 0.437. The Morgan fingerprint density at radius 1 is 1.14 bits per heavy atom. The molecule has 3 aromatic rings. The minimum Gasteiger partial charge on any atom is -0.368 e. The molecular formula is C20H22N4O4S. The van der Waals surface area contributed by atoms with Gasteiger partial charge in [0.05, 0.1) is 11.4 Å². The third-order valence-corrected chi connectivity index (χ3v) is 5.92. The van der Waals surface area contributed by atoms with Crippen LogP contribution in [0.25, 0.3) is 10.9 Å². The van der Waals surface area contributed by atoms with Gasteiger partial charge in [-0.25, -0.2) is 8.42 Å². The molecule has 0 saturated carbocycles. The van der Waals surface area contributed by atoms with E-state index in [0.29, 0.717) is 0 Å². The van der Waals surface area contributed by atoms with Crippen LogP contribution in [0.15, 0.2) is 59.6 Å². The number of carbonyl (C=O) groups is 2. The van der Waals surface area contributed by atoms with E-state index in [-0.39, 0.29) is 17.9 Å². The Bertz CT molecular complexity index is 1150. The summed E-state index contributed by atoms with van der Waals surface area (Å²) in [5.41, 5.74) is 7.51. The zero-order chi connectivity index (χ0) is 21.0. The largest absolute Gasteiger partial charge is 0.368 e. The Kier molecular flexibility index (Phi) is 6.00. The van der Waals surface area contributed by atoms with Crippen LogP contribution in [-0.2, 0) is 26.0 Å². The van der Waals surface area contributed by atoms with Gasteiger partial charge < -0.3 is 16.0 Å². The van der Waals surface area contributed by atoms with Crippen molar-refractivity contribution in [1.82, 2.24) is 15.0 Å². The Labute approximate surface area is 168 Å². The molecular weight excluding hydrogens is 392 g/mol. The number of aryl methyl sites for hydroxylation is 1. The van der Waals surface area contributed by atoms with E-state index in [1.165, 1.54) is 12.1 Å². The van der Waals surface area contributed by atoms with Gasteiger partial charge in [0.25, 0.3) is 0 Å². The number of aromatic nitrogens is 1. The summed E-state index contributed by atoms with van der Waals surface area (Å²) < 4.78 is 28.1. The molecule has 0 unspecified atom stereocenters. The van der Waals surface area contributed by atoms with Crippen LogP contribution in [0.4, 0.5) is 0 Å². The number of fused-ring (bicyclic) bond motifs is 1. The zero-order valence-electron chi connectivity index (χ0n) is 15.8. The molecule has 152 valence electrons. The van der Waals surface area contributed by atoms with E-state index in [0.717, 1.165) is 22.0 Å². The SMILES string of the molecule is Cc1cccc(S(=O)(=O)N[C@@H](Cc2c[nH]c3ccccc23)C(=O)NCC(N)=O)c1. The molecule has 0 bridgehead atoms. The van der Waals surface area contributed by atoms with Crippen molar-refractivity contribution in [2.75, 3.05) is 6.54 Å². The Balaban J connectivity index is 1.90. The number of benzene rings is 2. The van der Waals surface area contributed by atoms with Crippen LogP contribution in [0.2, 0.25) is 0 Å². The van der Waals surface area contributed by atoms with E-state index in [2.05, 4.69) is 15.0 Å². The van der Waals surface area contributed by atoms with Gasteiger partial charge >= 0.3 is 0 Å². The Morgan fingerprint density at radius 2 is 1.90 bits per heavy atom. The maximum Gasteiger partial charge on any atom is 0.241 e. The molecule has 2 aromatic carbocycles. The van der Waals surface area contributed by atoms with E-state index in [4.69, 9.17) is 5.73 Å². The van der Waals surface area contributed by atoms with Crippen molar-refractivity contribution in [3.63, 3.8) is 0 Å². The van der Waals surface area contributed by atoms with Crippen molar-refractivity contribution in [2.45, 2.75) is 24.3 Å². The van der Waals surface area contributed by atoms with Crippen LogP contribution >= 0.6 is 0 Å². The maximum absolute atomic E-state index is 12.8. The van der Waals surface area contributed by atoms with Gasteiger partial charge in [0.2, 0.25) is 21.8 Å². The summed E-state index contributed by atoms with van der Waals surface area (Å²) >= 11 is 0. The summed E-state index contributed by atoms with van der Waals surface area (Å²) in [5.74, 6) is -1.35. The number of nitrogens with one attached hydrogen (secondary N) is 3. The summed E-state index contributed by atoms with van der Waals surface area (Å²) in [6.45, 7) is 1.40. The Morgan fingerprint density at radius 3 is 2.62 bits per heavy atom. The molecule has 9 heteroatoms. The fraction of sp³-hybridized carbons (Fsp3) is 0.200. The van der Waals surface area contributed by atoms with Crippen LogP contribution in [0.3, 0.4) is 0 Å². The smallest absolute Gasteiger partial charge is 0.241 e. The van der Waals surface area contributed by atoms with Gasteiger partial charge in [-0.05, 0) is 42.7 Å². The van der Waals surface area contributed by atoms with Crippen LogP contribution < -0.4 is 15.8 Å². The second-order valence-electron chi connectivity index (χ2n) is 6.74. The summed E-state index contributed by atoms with van der Waals surface area (Å²) in [5, 5.41) is 3.26. The van der Waals surface area contributed by atoms with Crippen molar-refractivity contribution in [2.24, 2.45) is 5.73 Å². The lowest BCUT2D eigenvalue weighted by molar-refractivity contribution is -0.125. The molecule has 29 heavy (non-hydrogen) atoms. The first-order valence-electron chi connectivity index (χ1n) is 8.96. The number of sulfonamides is 1. The van der Waals surface area contributed by atoms with Crippen LogP contribution in [0, 0.1) is 6.92 Å². The molecule has 2 amide bonds. The zero-order valence-corrected chi connectivity index (χ0v) is 16.6. The highest BCUT2D eigenvalue weighted by atomic mass is 32.2. The van der Waals surface area contributed by atoms with E-state index >= 15 is 0 Å². The molecule has 5 N–H and O–H groups in total. The maximum atomic E-state index is 12.8. The molecule has 0 radical (unpaired) electrons. The van der Waals surface area contributed by atoms with Gasteiger partial charge in [-0.1, -0.05) is 30.3 Å². The van der Waals surface area contributed by atoms with Crippen molar-refractivity contribution < 1.29 is 18.0 Å². The number of H-pyrrole nitrogens is 1. The number of primary amides is 1. The summed E-state index contributed by atoms with van der Waals surface area (Å²) in [6, 6.07) is 12.8. The number of hydrogen-bond donors (Lipinski definition) is 4. The average Bonchev–Trinajstić information content (AvgIpc) is 3.08. The van der Waals surface area contributed by atoms with Gasteiger partial charge in [0.15, 0.2) is 0 Å². The third-order valence-electron chi connectivity index (χ3n) is 4.45. The van der Waals surface area contributed by atoms with Gasteiger partial charge in [-0.3, -0.25) is 9.59 Å². The molecule has 8 nitrogen and oxygen atoms in total. The van der Waals surface area contributed by atoms with Crippen molar-refractivity contribution in [3.8, 4) is 0 Å². The molecule has 0 fully saturated rings. The number of aromatic amines is 1. The minimum absolute atomic E-state index is 0.0594. The van der Waals surface area contributed by atoms with Gasteiger partial charge in [0, 0.05) is 17.1 Å². The molecule has 1 atom stereocenters. The third kappa shape index (κ3) is 5.01. The number of para-hydroxylation sites is 1. The molecule has 1 aromatic heterocycles. The van der Waals surface area contributed by atoms with E-state index < -0.39 is 27.9 Å². The predicted octanol–water partition coefficient (Wildman–Crippen LogP) is 0.967. The highest BCUT2D eigenvalue weighted by Gasteiger charge is 2.27. The standard InChI is InChI=1S/C20H22N4O4S/c1-13-5-4-6-15(9-13)29(27,28)24-18(20(26)23-12-19(21)25)10-14-11-22-17-8-3-2-7-16(14)17/h2-9,11,18,22,24H,10,12H2,1H3,(H2,21,25)(H,23,26)/t18-/m0/s1. The lowest BCUT2D eigenvalue weighted by Gasteiger charge is -2.18. The van der Waals surface area contributed by atoms with Crippen LogP contribution in [0.5, 0.6) is 0 Å². The predicted molar refractivity (Wildman–Crippen MR) is 109 cm³/mol. The molecule has 0 aliphatic carbocycles. The lowest BCUT2D eigenvalue weighted by Crippen LogP contribution is -2.49. The number of amides is 2. The van der Waals surface area contributed by atoms with Gasteiger partial charge in [-0.15, -0.1) is 0 Å². The monoisotopic (exact) mass is 414 g/mol. The molecule has 0 aliphatic rings. The van der Waals surface area contributed by atoms with Crippen molar-refractivity contribution in [3.05, 3.63) is 65.9 Å². The number of hydrogen-bond acceptors (Lipinski definition) is 4. The summed E-state index contributed by atoms with van der Waals surface area (Å²) in [4.78, 5) is 26.8.